The Labute approximate surface area is 165 Å². The van der Waals surface area contributed by atoms with Crippen molar-refractivity contribution in [3.63, 3.8) is 0 Å². The second-order valence-corrected chi connectivity index (χ2v) is 7.25. The summed E-state index contributed by atoms with van der Waals surface area (Å²) in [4.78, 5) is 26.1. The average Bonchev–Trinajstić information content (AvgIpc) is 2.79. The fourth-order valence-electron chi connectivity index (χ4n) is 3.83. The van der Waals surface area contributed by atoms with E-state index in [1.807, 2.05) is 36.7 Å². The van der Waals surface area contributed by atoms with Crippen LogP contribution >= 0.6 is 0 Å². The van der Waals surface area contributed by atoms with Gasteiger partial charge in [-0.15, -0.1) is 0 Å². The molecule has 28 heavy (non-hydrogen) atoms. The Kier molecular flexibility index (Phi) is 6.01. The monoisotopic (exact) mass is 381 g/mol. The van der Waals surface area contributed by atoms with Crippen molar-refractivity contribution in [2.24, 2.45) is 5.92 Å². The molecule has 148 valence electrons. The first-order chi connectivity index (χ1) is 13.8. The first-order valence-electron chi connectivity index (χ1n) is 10.0. The SMILES string of the molecule is O=C(NCc1cccnc1N1CCN(c2ccccn2)CC1)C1CCOCC1. The van der Waals surface area contributed by atoms with Crippen molar-refractivity contribution in [2.75, 3.05) is 49.2 Å². The molecule has 4 rings (SSSR count). The summed E-state index contributed by atoms with van der Waals surface area (Å²) in [5.74, 6) is 2.18. The summed E-state index contributed by atoms with van der Waals surface area (Å²) in [5.41, 5.74) is 1.06. The van der Waals surface area contributed by atoms with Gasteiger partial charge in [-0.1, -0.05) is 12.1 Å². The zero-order valence-corrected chi connectivity index (χ0v) is 16.1. The molecule has 0 spiro atoms. The van der Waals surface area contributed by atoms with Gasteiger partial charge in [-0.3, -0.25) is 4.79 Å². The molecule has 0 aliphatic carbocycles. The first-order valence-corrected chi connectivity index (χ1v) is 10.0. The number of hydrogen-bond donors (Lipinski definition) is 1. The largest absolute Gasteiger partial charge is 0.381 e. The molecule has 1 amide bonds. The summed E-state index contributed by atoms with van der Waals surface area (Å²) in [5, 5.41) is 3.10. The number of nitrogens with zero attached hydrogens (tertiary/aromatic N) is 4. The zero-order valence-electron chi connectivity index (χ0n) is 16.1. The van der Waals surface area contributed by atoms with Gasteiger partial charge in [0.1, 0.15) is 11.6 Å². The number of carbonyl (C=O) groups is 1. The molecule has 0 unspecified atom stereocenters. The molecule has 1 N–H and O–H groups in total. The Morgan fingerprint density at radius 2 is 1.75 bits per heavy atom. The van der Waals surface area contributed by atoms with Gasteiger partial charge in [-0.25, -0.2) is 9.97 Å². The van der Waals surface area contributed by atoms with Gasteiger partial charge in [-0.2, -0.15) is 0 Å². The lowest BCUT2D eigenvalue weighted by atomic mass is 9.99. The molecule has 0 saturated carbocycles. The van der Waals surface area contributed by atoms with E-state index in [1.165, 1.54) is 0 Å². The van der Waals surface area contributed by atoms with Gasteiger partial charge in [0.05, 0.1) is 0 Å². The van der Waals surface area contributed by atoms with Gasteiger partial charge in [0.25, 0.3) is 0 Å². The van der Waals surface area contributed by atoms with Gasteiger partial charge in [0.2, 0.25) is 5.91 Å². The minimum absolute atomic E-state index is 0.0655. The predicted octanol–water partition coefficient (Wildman–Crippen LogP) is 1.85. The molecular formula is C21H27N5O2. The summed E-state index contributed by atoms with van der Waals surface area (Å²) in [6, 6.07) is 10.00. The van der Waals surface area contributed by atoms with E-state index >= 15 is 0 Å². The molecule has 0 radical (unpaired) electrons. The second kappa shape index (κ2) is 9.01. The summed E-state index contributed by atoms with van der Waals surface area (Å²) in [7, 11) is 0. The van der Waals surface area contributed by atoms with E-state index in [2.05, 4.69) is 31.2 Å². The molecular weight excluding hydrogens is 354 g/mol. The summed E-state index contributed by atoms with van der Waals surface area (Å²) >= 11 is 0. The second-order valence-electron chi connectivity index (χ2n) is 7.25. The van der Waals surface area contributed by atoms with Crippen LogP contribution in [0.4, 0.5) is 11.6 Å². The quantitative estimate of drug-likeness (QED) is 0.852. The van der Waals surface area contributed by atoms with Crippen LogP contribution in [-0.2, 0) is 16.1 Å². The van der Waals surface area contributed by atoms with Crippen LogP contribution in [0, 0.1) is 5.92 Å². The molecule has 7 heteroatoms. The zero-order chi connectivity index (χ0) is 19.2. The number of amides is 1. The smallest absolute Gasteiger partial charge is 0.223 e. The Morgan fingerprint density at radius 3 is 2.50 bits per heavy atom. The third-order valence-corrected chi connectivity index (χ3v) is 5.47. The molecule has 2 aromatic heterocycles. The first kappa shape index (κ1) is 18.7. The molecule has 2 aliphatic heterocycles. The van der Waals surface area contributed by atoms with Gasteiger partial charge < -0.3 is 19.9 Å². The predicted molar refractivity (Wildman–Crippen MR) is 108 cm³/mol. The normalized spacial score (nSPS) is 18.1. The number of aromatic nitrogens is 2. The lowest BCUT2D eigenvalue weighted by Crippen LogP contribution is -2.47. The summed E-state index contributed by atoms with van der Waals surface area (Å²) < 4.78 is 5.35. The maximum atomic E-state index is 12.4. The maximum absolute atomic E-state index is 12.4. The molecule has 2 saturated heterocycles. The van der Waals surface area contributed by atoms with Crippen LogP contribution in [0.2, 0.25) is 0 Å². The minimum Gasteiger partial charge on any atom is -0.381 e. The van der Waals surface area contributed by atoms with E-state index in [0.717, 1.165) is 56.2 Å². The van der Waals surface area contributed by atoms with E-state index < -0.39 is 0 Å². The third-order valence-electron chi connectivity index (χ3n) is 5.47. The number of piperazine rings is 1. The molecule has 0 bridgehead atoms. The van der Waals surface area contributed by atoms with Crippen LogP contribution < -0.4 is 15.1 Å². The van der Waals surface area contributed by atoms with E-state index in [0.29, 0.717) is 19.8 Å². The highest BCUT2D eigenvalue weighted by atomic mass is 16.5. The minimum atomic E-state index is 0.0655. The Balaban J connectivity index is 1.36. The fourth-order valence-corrected chi connectivity index (χ4v) is 3.83. The maximum Gasteiger partial charge on any atom is 0.223 e. The van der Waals surface area contributed by atoms with Crippen molar-refractivity contribution in [2.45, 2.75) is 19.4 Å². The van der Waals surface area contributed by atoms with Gasteiger partial charge >= 0.3 is 0 Å². The lowest BCUT2D eigenvalue weighted by molar-refractivity contribution is -0.128. The van der Waals surface area contributed by atoms with E-state index in [1.54, 1.807) is 0 Å². The standard InChI is InChI=1S/C21H27N5O2/c27-21(17-6-14-28-15-7-17)24-16-18-4-3-9-23-20(18)26-12-10-25(11-13-26)19-5-1-2-8-22-19/h1-5,8-9,17H,6-7,10-16H2,(H,24,27). The molecule has 0 atom stereocenters. The molecule has 2 fully saturated rings. The van der Waals surface area contributed by atoms with Crippen LogP contribution in [0.3, 0.4) is 0 Å². The van der Waals surface area contributed by atoms with Crippen LogP contribution in [0.15, 0.2) is 42.7 Å². The van der Waals surface area contributed by atoms with Crippen molar-refractivity contribution in [3.8, 4) is 0 Å². The summed E-state index contributed by atoms with van der Waals surface area (Å²) in [6.07, 6.45) is 5.27. The summed E-state index contributed by atoms with van der Waals surface area (Å²) in [6.45, 7) is 5.44. The van der Waals surface area contributed by atoms with Gasteiger partial charge in [0.15, 0.2) is 0 Å². The van der Waals surface area contributed by atoms with Crippen LogP contribution in [0.1, 0.15) is 18.4 Å². The number of nitrogens with one attached hydrogen (secondary N) is 1. The number of anilines is 2. The number of rotatable bonds is 5. The van der Waals surface area contributed by atoms with Crippen LogP contribution in [0.25, 0.3) is 0 Å². The van der Waals surface area contributed by atoms with E-state index in [4.69, 9.17) is 4.74 Å². The Hall–Kier alpha value is -2.67. The van der Waals surface area contributed by atoms with Crippen molar-refractivity contribution < 1.29 is 9.53 Å². The van der Waals surface area contributed by atoms with Crippen molar-refractivity contribution >= 4 is 17.5 Å². The highest BCUT2D eigenvalue weighted by Gasteiger charge is 2.23. The third kappa shape index (κ3) is 4.42. The number of carbonyl (C=O) groups excluding carboxylic acids is 1. The number of hydrogen-bond acceptors (Lipinski definition) is 6. The topological polar surface area (TPSA) is 70.6 Å². The highest BCUT2D eigenvalue weighted by Crippen LogP contribution is 2.21. The Bertz CT molecular complexity index is 771. The fraction of sp³-hybridized carbons (Fsp3) is 0.476. The van der Waals surface area contributed by atoms with Crippen molar-refractivity contribution in [1.29, 1.82) is 0 Å². The van der Waals surface area contributed by atoms with Crippen molar-refractivity contribution in [1.82, 2.24) is 15.3 Å². The average molecular weight is 381 g/mol. The molecule has 2 aromatic rings. The number of ether oxygens (including phenoxy) is 1. The highest BCUT2D eigenvalue weighted by molar-refractivity contribution is 5.78. The van der Waals surface area contributed by atoms with E-state index in [-0.39, 0.29) is 11.8 Å². The van der Waals surface area contributed by atoms with Gasteiger partial charge in [0, 0.05) is 69.8 Å². The van der Waals surface area contributed by atoms with Crippen molar-refractivity contribution in [3.05, 3.63) is 48.3 Å². The molecule has 0 aromatic carbocycles. The number of pyridine rings is 2. The lowest BCUT2D eigenvalue weighted by Gasteiger charge is -2.36. The van der Waals surface area contributed by atoms with Crippen LogP contribution in [-0.4, -0.2) is 55.3 Å². The van der Waals surface area contributed by atoms with Gasteiger partial charge in [-0.05, 0) is 31.0 Å². The van der Waals surface area contributed by atoms with E-state index in [9.17, 15) is 4.79 Å². The molecule has 7 nitrogen and oxygen atoms in total. The molecule has 2 aliphatic rings. The van der Waals surface area contributed by atoms with Crippen LogP contribution in [0.5, 0.6) is 0 Å². The molecule has 4 heterocycles. The Morgan fingerprint density at radius 1 is 1.00 bits per heavy atom.